The Hall–Kier alpha value is -6.99. The average Bonchev–Trinajstić information content (AvgIpc) is 3.85. The number of fused-ring (bicyclic) bond motifs is 2. The van der Waals surface area contributed by atoms with Crippen LogP contribution in [0.3, 0.4) is 0 Å². The number of halogens is 1. The van der Waals surface area contributed by atoms with Gasteiger partial charge in [0.2, 0.25) is 17.7 Å². The highest BCUT2D eigenvalue weighted by atomic mass is 35.5. The number of pyridine rings is 1. The second kappa shape index (κ2) is 18.1. The minimum absolute atomic E-state index is 0.0153. The number of nitrogens with zero attached hydrogens (tertiary/aromatic N) is 9. The molecule has 3 saturated heterocycles. The van der Waals surface area contributed by atoms with Gasteiger partial charge in [0.15, 0.2) is 17.0 Å². The molecule has 6 amide bonds. The van der Waals surface area contributed by atoms with Crippen molar-refractivity contribution >= 4 is 81.1 Å². The molecule has 1 saturated carbocycles. The van der Waals surface area contributed by atoms with Gasteiger partial charge in [-0.3, -0.25) is 43.9 Å². The minimum Gasteiger partial charge on any atom is -0.375 e. The number of imidazole rings is 1. The molecule has 1 aliphatic carbocycles. The predicted octanol–water partition coefficient (Wildman–Crippen LogP) is 3.63. The number of anilines is 4. The van der Waals surface area contributed by atoms with E-state index in [0.717, 1.165) is 80.3 Å². The molecular weight excluding hydrogens is 866 g/mol. The Morgan fingerprint density at radius 2 is 1.61 bits per heavy atom. The van der Waals surface area contributed by atoms with E-state index in [1.165, 1.54) is 12.4 Å². The summed E-state index contributed by atoms with van der Waals surface area (Å²) >= 11 is 5.96. The van der Waals surface area contributed by atoms with E-state index in [2.05, 4.69) is 75.3 Å². The Balaban J connectivity index is 0.657. The fourth-order valence-electron chi connectivity index (χ4n) is 9.69. The summed E-state index contributed by atoms with van der Waals surface area (Å²) < 4.78 is 2.05. The number of nitrogens with one attached hydrogen (secondary N) is 4. The Morgan fingerprint density at radius 3 is 2.36 bits per heavy atom. The molecule has 1 atom stereocenters. The molecule has 0 unspecified atom stereocenters. The van der Waals surface area contributed by atoms with Crippen LogP contribution in [0.1, 0.15) is 75.8 Å². The molecule has 20 heteroatoms. The number of aromatic nitrogens is 5. The van der Waals surface area contributed by atoms with E-state index in [1.807, 2.05) is 9.47 Å². The first-order valence-electron chi connectivity index (χ1n) is 22.4. The molecule has 66 heavy (non-hydrogen) atoms. The van der Waals surface area contributed by atoms with Gasteiger partial charge in [-0.1, -0.05) is 23.7 Å². The van der Waals surface area contributed by atoms with Gasteiger partial charge in [-0.05, 0) is 86.6 Å². The van der Waals surface area contributed by atoms with Crippen molar-refractivity contribution in [2.75, 3.05) is 67.9 Å². The van der Waals surface area contributed by atoms with Gasteiger partial charge in [0, 0.05) is 81.4 Å². The highest BCUT2D eigenvalue weighted by molar-refractivity contribution is 6.29. The van der Waals surface area contributed by atoms with Gasteiger partial charge in [0.25, 0.3) is 17.7 Å². The Bertz CT molecular complexity index is 2730. The van der Waals surface area contributed by atoms with Crippen molar-refractivity contribution in [3.63, 3.8) is 0 Å². The van der Waals surface area contributed by atoms with Crippen LogP contribution in [0.25, 0.3) is 11.2 Å². The highest BCUT2D eigenvalue weighted by Crippen LogP contribution is 2.36. The molecule has 5 aliphatic rings. The summed E-state index contributed by atoms with van der Waals surface area (Å²) in [6, 6.07) is 17.3. The maximum absolute atomic E-state index is 13.4. The number of likely N-dealkylation sites (tertiary alicyclic amines) is 1. The van der Waals surface area contributed by atoms with E-state index < -0.39 is 29.7 Å². The molecule has 4 aliphatic heterocycles. The predicted molar refractivity (Wildman–Crippen MR) is 243 cm³/mol. The zero-order valence-electron chi connectivity index (χ0n) is 36.0. The molecule has 7 heterocycles. The van der Waals surface area contributed by atoms with Crippen LogP contribution in [0.15, 0.2) is 73.3 Å². The van der Waals surface area contributed by atoms with Gasteiger partial charge in [-0.15, -0.1) is 0 Å². The molecule has 0 spiro atoms. The molecule has 0 radical (unpaired) electrons. The monoisotopic (exact) mass is 913 g/mol. The van der Waals surface area contributed by atoms with Crippen LogP contribution in [-0.2, 0) is 14.4 Å². The first-order chi connectivity index (χ1) is 32.1. The number of benzene rings is 2. The minimum atomic E-state index is -1.06. The Morgan fingerprint density at radius 1 is 0.833 bits per heavy atom. The Labute approximate surface area is 384 Å². The lowest BCUT2D eigenvalue weighted by molar-refractivity contribution is -0.136. The van der Waals surface area contributed by atoms with Gasteiger partial charge >= 0.3 is 0 Å². The third-order valence-electron chi connectivity index (χ3n) is 13.4. The molecule has 0 bridgehead atoms. The number of hydrogen-bond acceptors (Lipinski definition) is 14. The fourth-order valence-corrected chi connectivity index (χ4v) is 9.86. The molecule has 4 fully saturated rings. The number of piperazine rings is 1. The summed E-state index contributed by atoms with van der Waals surface area (Å²) in [7, 11) is 0. The molecule has 2 aromatic carbocycles. The largest absolute Gasteiger partial charge is 0.375 e. The van der Waals surface area contributed by atoms with Crippen molar-refractivity contribution < 1.29 is 28.8 Å². The van der Waals surface area contributed by atoms with Crippen molar-refractivity contribution in [2.24, 2.45) is 5.92 Å². The second-order valence-electron chi connectivity index (χ2n) is 17.5. The van der Waals surface area contributed by atoms with Crippen LogP contribution in [-0.4, -0.2) is 139 Å². The molecule has 340 valence electrons. The fraction of sp³-hybridized carbons (Fsp3) is 0.391. The number of amides is 6. The van der Waals surface area contributed by atoms with Gasteiger partial charge in [-0.25, -0.2) is 19.9 Å². The van der Waals surface area contributed by atoms with E-state index in [-0.39, 0.29) is 59.6 Å². The van der Waals surface area contributed by atoms with Crippen LogP contribution in [0, 0.1) is 5.92 Å². The number of piperidine rings is 2. The van der Waals surface area contributed by atoms with Crippen molar-refractivity contribution in [1.82, 2.24) is 49.8 Å². The van der Waals surface area contributed by atoms with E-state index >= 15 is 0 Å². The number of imide groups is 2. The standard InChI is InChI=1S/C46H48ClN13O6/c47-36-6-2-5-34(54-36)43(63)53-29-21-31(22-29)59-26-51-40-41(49-25-50-42(40)59)52-28-7-9-30(10-8-28)57-19-17-56(18-20-57)24-27-13-15-58(16-14-27)38(62)23-48-33-4-1-3-32-39(33)46(66)60(45(32)65)35-11-12-37(61)55-44(35)64/h1-10,25-27,29,31,35,48H,11-24H2,(H,53,63)(H,49,50,52)(H,55,61,64)/t29?,31?,35-/m0/s1. The second-order valence-corrected chi connectivity index (χ2v) is 17.9. The van der Waals surface area contributed by atoms with Crippen LogP contribution in [0.2, 0.25) is 5.15 Å². The van der Waals surface area contributed by atoms with Crippen LogP contribution >= 0.6 is 11.6 Å². The Kier molecular flexibility index (Phi) is 11.8. The van der Waals surface area contributed by atoms with Gasteiger partial charge < -0.3 is 30.3 Å². The van der Waals surface area contributed by atoms with Gasteiger partial charge in [0.1, 0.15) is 23.2 Å². The summed E-state index contributed by atoms with van der Waals surface area (Å²) in [4.78, 5) is 102. The SMILES string of the molecule is O=C1CC[C@H](N2C(=O)c3cccc(NCC(=O)N4CCC(CN5CCN(c6ccc(Nc7ncnc8c7ncn8C7CC(NC(=O)c8cccc(Cl)n8)C7)cc6)CC5)CC4)c3C2=O)C(=O)N1. The summed E-state index contributed by atoms with van der Waals surface area (Å²) in [5, 5.41) is 12.0. The quantitative estimate of drug-likeness (QED) is 0.104. The maximum atomic E-state index is 13.4. The molecule has 10 rings (SSSR count). The number of hydrogen-bond donors (Lipinski definition) is 4. The van der Waals surface area contributed by atoms with Crippen molar-refractivity contribution in [1.29, 1.82) is 0 Å². The van der Waals surface area contributed by atoms with Crippen LogP contribution in [0.5, 0.6) is 0 Å². The topological polar surface area (TPSA) is 220 Å². The lowest BCUT2D eigenvalue weighted by Crippen LogP contribution is -2.54. The number of carbonyl (C=O) groups is 6. The summed E-state index contributed by atoms with van der Waals surface area (Å²) in [5.41, 5.74) is 4.41. The molecular formula is C46H48ClN13O6. The zero-order valence-corrected chi connectivity index (χ0v) is 36.7. The summed E-state index contributed by atoms with van der Waals surface area (Å²) in [6.07, 6.45) is 6.73. The van der Waals surface area contributed by atoms with Crippen molar-refractivity contribution in [3.05, 3.63) is 95.3 Å². The zero-order chi connectivity index (χ0) is 45.5. The van der Waals surface area contributed by atoms with E-state index in [9.17, 15) is 28.8 Å². The third kappa shape index (κ3) is 8.62. The van der Waals surface area contributed by atoms with Crippen LogP contribution in [0.4, 0.5) is 22.9 Å². The lowest BCUT2D eigenvalue weighted by Gasteiger charge is -2.39. The smallest absolute Gasteiger partial charge is 0.270 e. The van der Waals surface area contributed by atoms with E-state index in [1.54, 1.807) is 36.7 Å². The van der Waals surface area contributed by atoms with E-state index in [4.69, 9.17) is 11.6 Å². The summed E-state index contributed by atoms with van der Waals surface area (Å²) in [5.74, 6) is -1.52. The van der Waals surface area contributed by atoms with Crippen LogP contribution < -0.4 is 26.2 Å². The average molecular weight is 914 g/mol. The third-order valence-corrected chi connectivity index (χ3v) is 13.6. The molecule has 4 N–H and O–H groups in total. The molecule has 3 aromatic heterocycles. The normalized spacial score (nSPS) is 21.4. The summed E-state index contributed by atoms with van der Waals surface area (Å²) in [6.45, 7) is 5.95. The van der Waals surface area contributed by atoms with Crippen molar-refractivity contribution in [2.45, 2.75) is 56.7 Å². The maximum Gasteiger partial charge on any atom is 0.270 e. The number of rotatable bonds is 12. The van der Waals surface area contributed by atoms with Crippen molar-refractivity contribution in [3.8, 4) is 0 Å². The highest BCUT2D eigenvalue weighted by Gasteiger charge is 2.46. The van der Waals surface area contributed by atoms with Gasteiger partial charge in [-0.2, -0.15) is 0 Å². The van der Waals surface area contributed by atoms with E-state index in [0.29, 0.717) is 41.7 Å². The molecule has 5 aromatic rings. The first kappa shape index (κ1) is 42.9. The molecule has 19 nitrogen and oxygen atoms in total. The number of carbonyl (C=O) groups excluding carboxylic acids is 6. The van der Waals surface area contributed by atoms with Gasteiger partial charge in [0.05, 0.1) is 24.0 Å². The first-order valence-corrected chi connectivity index (χ1v) is 22.8. The lowest BCUT2D eigenvalue weighted by atomic mass is 9.86.